The van der Waals surface area contributed by atoms with Crippen LogP contribution < -0.4 is 0 Å². The molecule has 1 saturated carbocycles. The number of hydrogen-bond acceptors (Lipinski definition) is 2. The summed E-state index contributed by atoms with van der Waals surface area (Å²) in [5.74, 6) is 0.444. The fourth-order valence-electron chi connectivity index (χ4n) is 4.52. The fourth-order valence-corrected chi connectivity index (χ4v) is 4.52. The molecule has 1 aliphatic carbocycles. The second-order valence-electron chi connectivity index (χ2n) is 7.84. The van der Waals surface area contributed by atoms with E-state index >= 15 is 0 Å². The number of carbonyl (C=O) groups is 1. The van der Waals surface area contributed by atoms with Crippen LogP contribution in [0.25, 0.3) is 0 Å². The number of ketones is 1. The summed E-state index contributed by atoms with van der Waals surface area (Å²) in [6.45, 7) is 15.2. The van der Waals surface area contributed by atoms with Gasteiger partial charge in [0.1, 0.15) is 0 Å². The van der Waals surface area contributed by atoms with Crippen molar-refractivity contribution in [2.45, 2.75) is 73.3 Å². The lowest BCUT2D eigenvalue weighted by Crippen LogP contribution is -2.41. The summed E-state index contributed by atoms with van der Waals surface area (Å²) in [4.78, 5) is 15.1. The van der Waals surface area contributed by atoms with Gasteiger partial charge in [-0.25, -0.2) is 0 Å². The van der Waals surface area contributed by atoms with Crippen molar-refractivity contribution < 1.29 is 4.79 Å². The normalized spacial score (nSPS) is 33.9. The van der Waals surface area contributed by atoms with E-state index in [0.717, 1.165) is 19.5 Å². The number of likely N-dealkylation sites (tertiary alicyclic amines) is 1. The lowest BCUT2D eigenvalue weighted by atomic mass is 9.81. The Morgan fingerprint density at radius 1 is 1.21 bits per heavy atom. The van der Waals surface area contributed by atoms with Crippen LogP contribution in [0.3, 0.4) is 0 Å². The minimum absolute atomic E-state index is 0.171. The molecule has 1 heterocycles. The summed E-state index contributed by atoms with van der Waals surface area (Å²) < 4.78 is 0. The SMILES string of the molecule is CCN1C[C@]2(C[C@H]1C(=O)C(C)(C)C)CC2(CC)CC. The molecule has 1 aliphatic heterocycles. The van der Waals surface area contributed by atoms with Crippen LogP contribution in [-0.2, 0) is 4.79 Å². The van der Waals surface area contributed by atoms with Gasteiger partial charge in [-0.05, 0) is 43.1 Å². The zero-order valence-corrected chi connectivity index (χ0v) is 13.7. The zero-order chi connectivity index (χ0) is 14.5. The van der Waals surface area contributed by atoms with Gasteiger partial charge in [-0.2, -0.15) is 0 Å². The smallest absolute Gasteiger partial charge is 0.155 e. The minimum Gasteiger partial charge on any atom is -0.297 e. The monoisotopic (exact) mass is 265 g/mol. The maximum absolute atomic E-state index is 12.7. The third-order valence-electron chi connectivity index (χ3n) is 6.01. The second-order valence-corrected chi connectivity index (χ2v) is 7.84. The fraction of sp³-hybridized carbons (Fsp3) is 0.941. The highest BCUT2D eigenvalue weighted by atomic mass is 16.1. The van der Waals surface area contributed by atoms with Crippen molar-refractivity contribution in [1.29, 1.82) is 0 Å². The van der Waals surface area contributed by atoms with E-state index < -0.39 is 0 Å². The van der Waals surface area contributed by atoms with Crippen molar-refractivity contribution in [3.05, 3.63) is 0 Å². The van der Waals surface area contributed by atoms with Gasteiger partial charge in [0, 0.05) is 12.0 Å². The molecule has 2 rings (SSSR count). The minimum atomic E-state index is -0.209. The van der Waals surface area contributed by atoms with E-state index in [1.54, 1.807) is 0 Å². The molecule has 0 N–H and O–H groups in total. The third-order valence-corrected chi connectivity index (χ3v) is 6.01. The Balaban J connectivity index is 2.19. The maximum Gasteiger partial charge on any atom is 0.155 e. The van der Waals surface area contributed by atoms with E-state index in [4.69, 9.17) is 0 Å². The van der Waals surface area contributed by atoms with E-state index in [9.17, 15) is 4.79 Å². The highest BCUT2D eigenvalue weighted by molar-refractivity contribution is 5.89. The van der Waals surface area contributed by atoms with Crippen LogP contribution in [0.5, 0.6) is 0 Å². The van der Waals surface area contributed by atoms with Gasteiger partial charge in [0.05, 0.1) is 6.04 Å². The van der Waals surface area contributed by atoms with E-state index in [2.05, 4.69) is 46.4 Å². The summed E-state index contributed by atoms with van der Waals surface area (Å²) in [7, 11) is 0. The van der Waals surface area contributed by atoms with Crippen LogP contribution in [0.1, 0.15) is 67.2 Å². The predicted molar refractivity (Wildman–Crippen MR) is 80.2 cm³/mol. The molecule has 110 valence electrons. The Bertz CT molecular complexity index is 364. The molecule has 2 fully saturated rings. The number of carbonyl (C=O) groups excluding carboxylic acids is 1. The lowest BCUT2D eigenvalue weighted by molar-refractivity contribution is -0.130. The first-order chi connectivity index (χ1) is 8.75. The maximum atomic E-state index is 12.7. The van der Waals surface area contributed by atoms with Crippen LogP contribution in [0, 0.1) is 16.2 Å². The first-order valence-electron chi connectivity index (χ1n) is 8.03. The molecule has 19 heavy (non-hydrogen) atoms. The molecule has 1 spiro atoms. The molecule has 2 aliphatic rings. The Kier molecular flexibility index (Phi) is 3.62. The van der Waals surface area contributed by atoms with Gasteiger partial charge < -0.3 is 0 Å². The number of hydrogen-bond donors (Lipinski definition) is 0. The van der Waals surface area contributed by atoms with E-state index in [0.29, 0.717) is 16.6 Å². The summed E-state index contributed by atoms with van der Waals surface area (Å²) in [5, 5.41) is 0. The Hall–Kier alpha value is -0.370. The van der Waals surface area contributed by atoms with Crippen molar-refractivity contribution in [2.75, 3.05) is 13.1 Å². The molecule has 0 aromatic heterocycles. The largest absolute Gasteiger partial charge is 0.297 e. The van der Waals surface area contributed by atoms with Crippen LogP contribution >= 0.6 is 0 Å². The molecule has 0 amide bonds. The average Bonchev–Trinajstić information content (AvgIpc) is 2.81. The molecule has 1 saturated heterocycles. The molecule has 0 aromatic rings. The highest BCUT2D eigenvalue weighted by Gasteiger charge is 2.68. The van der Waals surface area contributed by atoms with E-state index in [-0.39, 0.29) is 11.5 Å². The lowest BCUT2D eigenvalue weighted by Gasteiger charge is -2.27. The summed E-state index contributed by atoms with van der Waals surface area (Å²) >= 11 is 0. The van der Waals surface area contributed by atoms with Crippen molar-refractivity contribution >= 4 is 5.78 Å². The van der Waals surface area contributed by atoms with Crippen LogP contribution in [0.4, 0.5) is 0 Å². The number of rotatable bonds is 4. The van der Waals surface area contributed by atoms with Crippen LogP contribution in [0.2, 0.25) is 0 Å². The first-order valence-corrected chi connectivity index (χ1v) is 8.03. The quantitative estimate of drug-likeness (QED) is 0.768. The van der Waals surface area contributed by atoms with Crippen LogP contribution in [-0.4, -0.2) is 29.8 Å². The molecule has 0 bridgehead atoms. The van der Waals surface area contributed by atoms with E-state index in [1.807, 2.05) is 0 Å². The van der Waals surface area contributed by atoms with Gasteiger partial charge in [0.2, 0.25) is 0 Å². The Morgan fingerprint density at radius 2 is 1.79 bits per heavy atom. The predicted octanol–water partition coefficient (Wildman–Crippen LogP) is 3.89. The Labute approximate surface area is 118 Å². The van der Waals surface area contributed by atoms with Gasteiger partial charge in [-0.3, -0.25) is 9.69 Å². The highest BCUT2D eigenvalue weighted by Crippen LogP contribution is 2.72. The van der Waals surface area contributed by atoms with Gasteiger partial charge in [0.25, 0.3) is 0 Å². The molecule has 2 heteroatoms. The molecular formula is C17H31NO. The second kappa shape index (κ2) is 4.58. The van der Waals surface area contributed by atoms with Crippen molar-refractivity contribution in [3.8, 4) is 0 Å². The zero-order valence-electron chi connectivity index (χ0n) is 13.7. The van der Waals surface area contributed by atoms with Crippen molar-refractivity contribution in [3.63, 3.8) is 0 Å². The molecule has 2 nitrogen and oxygen atoms in total. The summed E-state index contributed by atoms with van der Waals surface area (Å²) in [5.41, 5.74) is 0.783. The number of Topliss-reactive ketones (excluding diaryl/α,β-unsaturated/α-hetero) is 1. The summed E-state index contributed by atoms with van der Waals surface area (Å²) in [6.07, 6.45) is 5.00. The van der Waals surface area contributed by atoms with Gasteiger partial charge in [-0.1, -0.05) is 41.5 Å². The topological polar surface area (TPSA) is 20.3 Å². The van der Waals surface area contributed by atoms with Crippen molar-refractivity contribution in [2.24, 2.45) is 16.2 Å². The average molecular weight is 265 g/mol. The van der Waals surface area contributed by atoms with Gasteiger partial charge in [-0.15, -0.1) is 0 Å². The first kappa shape index (κ1) is 15.0. The van der Waals surface area contributed by atoms with Gasteiger partial charge >= 0.3 is 0 Å². The number of nitrogens with zero attached hydrogens (tertiary/aromatic N) is 1. The van der Waals surface area contributed by atoms with E-state index in [1.165, 1.54) is 19.3 Å². The third kappa shape index (κ3) is 2.16. The Morgan fingerprint density at radius 3 is 2.16 bits per heavy atom. The van der Waals surface area contributed by atoms with Gasteiger partial charge in [0.15, 0.2) is 5.78 Å². The number of likely N-dealkylation sites (N-methyl/N-ethyl adjacent to an activating group) is 1. The molecule has 0 aromatic carbocycles. The molecule has 0 radical (unpaired) electrons. The summed E-state index contributed by atoms with van der Waals surface area (Å²) in [6, 6.07) is 0.171. The van der Waals surface area contributed by atoms with Crippen molar-refractivity contribution in [1.82, 2.24) is 4.90 Å². The molecule has 2 atom stereocenters. The van der Waals surface area contributed by atoms with Crippen LogP contribution in [0.15, 0.2) is 0 Å². The standard InChI is InChI=1S/C17H31NO/c1-7-16(8-2)11-17(16)10-13(18(9-3)12-17)14(19)15(4,5)6/h13H,7-12H2,1-6H3/t13-,17-/m0/s1. The molecule has 0 unspecified atom stereocenters. The molecular weight excluding hydrogens is 234 g/mol.